The van der Waals surface area contributed by atoms with Gasteiger partial charge < -0.3 is 9.57 Å². The van der Waals surface area contributed by atoms with Gasteiger partial charge in [0.05, 0.1) is 0 Å². The van der Waals surface area contributed by atoms with Crippen LogP contribution < -0.4 is 0 Å². The molecule has 0 aromatic heterocycles. The molecule has 0 atom stereocenters. The van der Waals surface area contributed by atoms with E-state index in [0.717, 1.165) is 0 Å². The van der Waals surface area contributed by atoms with E-state index in [-0.39, 0.29) is 11.3 Å². The van der Waals surface area contributed by atoms with E-state index in [9.17, 15) is 9.59 Å². The van der Waals surface area contributed by atoms with E-state index in [1.54, 1.807) is 30.3 Å². The average Bonchev–Trinajstić information content (AvgIpc) is 2.46. The Balaban J connectivity index is 2.58. The van der Waals surface area contributed by atoms with Crippen molar-refractivity contribution in [1.82, 2.24) is 0 Å². The summed E-state index contributed by atoms with van der Waals surface area (Å²) in [6.45, 7) is 4.22. The van der Waals surface area contributed by atoms with Gasteiger partial charge in [-0.2, -0.15) is 5.26 Å². The fraction of sp³-hybridized carbons (Fsp3) is 0.143. The summed E-state index contributed by atoms with van der Waals surface area (Å²) in [5.74, 6) is -1.59. The van der Waals surface area contributed by atoms with Gasteiger partial charge in [0, 0.05) is 11.1 Å². The third-order valence-electron chi connectivity index (χ3n) is 2.06. The van der Waals surface area contributed by atoms with E-state index in [4.69, 9.17) is 5.26 Å². The number of nitriles is 1. The zero-order chi connectivity index (χ0) is 15.0. The Morgan fingerprint density at radius 1 is 1.35 bits per heavy atom. The molecule has 6 nitrogen and oxygen atoms in total. The van der Waals surface area contributed by atoms with E-state index in [0.29, 0.717) is 5.56 Å². The molecule has 6 heteroatoms. The number of hydrogen-bond donors (Lipinski definition) is 0. The molecule has 1 rings (SSSR count). The number of nitrogens with zero attached hydrogens (tertiary/aromatic N) is 2. The van der Waals surface area contributed by atoms with Crippen molar-refractivity contribution in [3.8, 4) is 6.07 Å². The van der Waals surface area contributed by atoms with Crippen LogP contribution >= 0.6 is 0 Å². The first-order chi connectivity index (χ1) is 9.54. The molecule has 0 amide bonds. The molecule has 0 bridgehead atoms. The third-order valence-corrected chi connectivity index (χ3v) is 2.06. The predicted octanol–water partition coefficient (Wildman–Crippen LogP) is 1.58. The van der Waals surface area contributed by atoms with Crippen LogP contribution in [0.15, 0.2) is 47.6 Å². The Labute approximate surface area is 115 Å². The molecule has 20 heavy (non-hydrogen) atoms. The maximum absolute atomic E-state index is 11.3. The first-order valence-corrected chi connectivity index (χ1v) is 5.60. The SMILES string of the molecule is C=C(C)C(=O)OCC(=O)O/N=C(\C#N)c1ccccc1. The summed E-state index contributed by atoms with van der Waals surface area (Å²) in [5, 5.41) is 12.3. The largest absolute Gasteiger partial charge is 0.450 e. The summed E-state index contributed by atoms with van der Waals surface area (Å²) in [6, 6.07) is 10.3. The van der Waals surface area contributed by atoms with Gasteiger partial charge in [0.1, 0.15) is 6.07 Å². The lowest BCUT2D eigenvalue weighted by Crippen LogP contribution is -2.15. The van der Waals surface area contributed by atoms with Crippen LogP contribution in [-0.4, -0.2) is 24.3 Å². The highest BCUT2D eigenvalue weighted by Gasteiger charge is 2.10. The van der Waals surface area contributed by atoms with E-state index < -0.39 is 18.5 Å². The van der Waals surface area contributed by atoms with Crippen LogP contribution in [0, 0.1) is 11.3 Å². The molecule has 0 radical (unpaired) electrons. The maximum atomic E-state index is 11.3. The molecule has 0 aliphatic carbocycles. The predicted molar refractivity (Wildman–Crippen MR) is 70.5 cm³/mol. The van der Waals surface area contributed by atoms with Gasteiger partial charge in [0.2, 0.25) is 0 Å². The zero-order valence-electron chi connectivity index (χ0n) is 10.8. The summed E-state index contributed by atoms with van der Waals surface area (Å²) < 4.78 is 4.57. The van der Waals surface area contributed by atoms with E-state index in [1.807, 2.05) is 6.07 Å². The van der Waals surface area contributed by atoms with Gasteiger partial charge in [-0.15, -0.1) is 0 Å². The number of carbonyl (C=O) groups is 2. The summed E-state index contributed by atoms with van der Waals surface area (Å²) in [6.07, 6.45) is 0. The van der Waals surface area contributed by atoms with Crippen LogP contribution in [0.5, 0.6) is 0 Å². The standard InChI is InChI=1S/C14H12N2O4/c1-10(2)14(18)19-9-13(17)20-16-12(8-15)11-6-4-3-5-7-11/h3-7H,1,9H2,2H3/b16-12+. The average molecular weight is 272 g/mol. The first-order valence-electron chi connectivity index (χ1n) is 5.60. The molecule has 0 aliphatic rings. The van der Waals surface area contributed by atoms with Crippen molar-refractivity contribution < 1.29 is 19.2 Å². The molecule has 0 saturated heterocycles. The van der Waals surface area contributed by atoms with Gasteiger partial charge in [0.25, 0.3) is 0 Å². The van der Waals surface area contributed by atoms with Crippen molar-refractivity contribution >= 4 is 17.7 Å². The minimum atomic E-state index is -0.886. The van der Waals surface area contributed by atoms with Gasteiger partial charge in [-0.05, 0) is 6.92 Å². The number of esters is 1. The lowest BCUT2D eigenvalue weighted by molar-refractivity contribution is -0.156. The van der Waals surface area contributed by atoms with Crippen LogP contribution in [0.2, 0.25) is 0 Å². The Morgan fingerprint density at radius 2 is 2.00 bits per heavy atom. The van der Waals surface area contributed by atoms with Gasteiger partial charge >= 0.3 is 11.9 Å². The van der Waals surface area contributed by atoms with E-state index in [2.05, 4.69) is 21.3 Å². The number of benzene rings is 1. The Kier molecular flexibility index (Phi) is 5.66. The summed E-state index contributed by atoms with van der Waals surface area (Å²) in [5.41, 5.74) is 0.634. The van der Waals surface area contributed by atoms with Crippen molar-refractivity contribution in [2.75, 3.05) is 6.61 Å². The summed E-state index contributed by atoms with van der Waals surface area (Å²) in [4.78, 5) is 26.8. The number of ether oxygens (including phenoxy) is 1. The normalized spacial score (nSPS) is 10.3. The number of carbonyl (C=O) groups excluding carboxylic acids is 2. The second-order valence-electron chi connectivity index (χ2n) is 3.74. The fourth-order valence-electron chi connectivity index (χ4n) is 1.10. The molecule has 0 heterocycles. The summed E-state index contributed by atoms with van der Waals surface area (Å²) >= 11 is 0. The zero-order valence-corrected chi connectivity index (χ0v) is 10.8. The molecule has 0 saturated carbocycles. The lowest BCUT2D eigenvalue weighted by atomic mass is 10.1. The molecule has 1 aromatic carbocycles. The monoisotopic (exact) mass is 272 g/mol. The first kappa shape index (κ1) is 15.1. The van der Waals surface area contributed by atoms with Crippen LogP contribution in [0.3, 0.4) is 0 Å². The summed E-state index contributed by atoms with van der Waals surface area (Å²) in [7, 11) is 0. The second-order valence-corrected chi connectivity index (χ2v) is 3.74. The van der Waals surface area contributed by atoms with E-state index in [1.165, 1.54) is 6.92 Å². The molecular weight excluding hydrogens is 260 g/mol. The fourth-order valence-corrected chi connectivity index (χ4v) is 1.10. The highest BCUT2D eigenvalue weighted by Crippen LogP contribution is 2.01. The minimum Gasteiger partial charge on any atom is -0.450 e. The molecule has 0 unspecified atom stereocenters. The molecule has 1 aromatic rings. The van der Waals surface area contributed by atoms with Gasteiger partial charge in [0.15, 0.2) is 12.3 Å². The smallest absolute Gasteiger partial charge is 0.372 e. The van der Waals surface area contributed by atoms with Crippen LogP contribution in [-0.2, 0) is 19.2 Å². The Bertz CT molecular complexity index is 585. The number of hydrogen-bond acceptors (Lipinski definition) is 6. The maximum Gasteiger partial charge on any atom is 0.372 e. The van der Waals surface area contributed by atoms with Gasteiger partial charge in [-0.1, -0.05) is 42.1 Å². The lowest BCUT2D eigenvalue weighted by Gasteiger charge is -2.02. The van der Waals surface area contributed by atoms with Crippen molar-refractivity contribution in [2.24, 2.45) is 5.16 Å². The molecule has 102 valence electrons. The molecule has 0 spiro atoms. The second kappa shape index (κ2) is 7.48. The molecule has 0 N–H and O–H groups in total. The van der Waals surface area contributed by atoms with Gasteiger partial charge in [-0.25, -0.2) is 9.59 Å². The van der Waals surface area contributed by atoms with Crippen molar-refractivity contribution in [2.45, 2.75) is 6.92 Å². The van der Waals surface area contributed by atoms with Crippen LogP contribution in [0.25, 0.3) is 0 Å². The van der Waals surface area contributed by atoms with Crippen LogP contribution in [0.1, 0.15) is 12.5 Å². The highest BCUT2D eigenvalue weighted by atomic mass is 16.7. The number of rotatable bonds is 5. The van der Waals surface area contributed by atoms with Crippen molar-refractivity contribution in [1.29, 1.82) is 5.26 Å². The minimum absolute atomic E-state index is 0.0508. The molecule has 0 aliphatic heterocycles. The van der Waals surface area contributed by atoms with Gasteiger partial charge in [-0.3, -0.25) is 0 Å². The number of oxime groups is 1. The van der Waals surface area contributed by atoms with Crippen molar-refractivity contribution in [3.63, 3.8) is 0 Å². The highest BCUT2D eigenvalue weighted by molar-refractivity contribution is 6.11. The topological polar surface area (TPSA) is 88.8 Å². The third kappa shape index (κ3) is 4.74. The quantitative estimate of drug-likeness (QED) is 0.267. The van der Waals surface area contributed by atoms with Crippen molar-refractivity contribution in [3.05, 3.63) is 48.0 Å². The van der Waals surface area contributed by atoms with E-state index >= 15 is 0 Å². The Hall–Kier alpha value is -2.94. The van der Waals surface area contributed by atoms with Crippen LogP contribution in [0.4, 0.5) is 0 Å². The molecular formula is C14H12N2O4. The molecule has 0 fully saturated rings. The Morgan fingerprint density at radius 3 is 2.55 bits per heavy atom.